The second kappa shape index (κ2) is 8.08. The van der Waals surface area contributed by atoms with Crippen LogP contribution in [0.1, 0.15) is 19.3 Å². The van der Waals surface area contributed by atoms with E-state index >= 15 is 0 Å². The maximum Gasteiger partial charge on any atom is 0.241 e. The zero-order valence-electron chi connectivity index (χ0n) is 16.2. The minimum atomic E-state index is -0.470. The molecule has 0 atom stereocenters. The van der Waals surface area contributed by atoms with Gasteiger partial charge in [0.05, 0.1) is 32.3 Å². The Hall–Kier alpha value is -2.42. The Labute approximate surface area is 159 Å². The van der Waals surface area contributed by atoms with Crippen molar-refractivity contribution in [1.82, 2.24) is 19.8 Å². The van der Waals surface area contributed by atoms with Gasteiger partial charge in [-0.1, -0.05) is 0 Å². The fourth-order valence-corrected chi connectivity index (χ4v) is 3.44. The second-order valence-electron chi connectivity index (χ2n) is 7.20. The van der Waals surface area contributed by atoms with Crippen molar-refractivity contribution in [2.75, 3.05) is 58.9 Å². The first-order chi connectivity index (χ1) is 12.9. The van der Waals surface area contributed by atoms with E-state index < -0.39 is 5.60 Å². The summed E-state index contributed by atoms with van der Waals surface area (Å²) in [5.41, 5.74) is -0.470. The predicted molar refractivity (Wildman–Crippen MR) is 98.6 cm³/mol. The highest BCUT2D eigenvalue weighted by molar-refractivity contribution is 5.85. The minimum absolute atomic E-state index is 0.0196. The average molecular weight is 377 g/mol. The van der Waals surface area contributed by atoms with Crippen LogP contribution in [-0.4, -0.2) is 91.2 Å². The molecule has 1 aromatic rings. The van der Waals surface area contributed by atoms with Crippen LogP contribution >= 0.6 is 0 Å². The smallest absolute Gasteiger partial charge is 0.241 e. The molecule has 1 spiro atoms. The van der Waals surface area contributed by atoms with Crippen molar-refractivity contribution in [2.24, 2.45) is 0 Å². The summed E-state index contributed by atoms with van der Waals surface area (Å²) in [6, 6.07) is 1.71. The zero-order valence-corrected chi connectivity index (χ0v) is 16.2. The van der Waals surface area contributed by atoms with Gasteiger partial charge in [0.25, 0.3) is 0 Å². The number of rotatable bonds is 4. The van der Waals surface area contributed by atoms with Crippen molar-refractivity contribution in [3.63, 3.8) is 0 Å². The van der Waals surface area contributed by atoms with Crippen LogP contribution in [0.25, 0.3) is 0 Å². The number of carbonyl (C=O) groups is 2. The predicted octanol–water partition coefficient (Wildman–Crippen LogP) is 0.161. The summed E-state index contributed by atoms with van der Waals surface area (Å²) in [7, 11) is 4.97. The van der Waals surface area contributed by atoms with Crippen molar-refractivity contribution in [3.8, 4) is 5.88 Å². The third-order valence-corrected chi connectivity index (χ3v) is 5.20. The quantitative estimate of drug-likeness (QED) is 0.739. The van der Waals surface area contributed by atoms with E-state index in [-0.39, 0.29) is 18.4 Å². The van der Waals surface area contributed by atoms with Crippen LogP contribution in [0.2, 0.25) is 0 Å². The number of methoxy groups -OCH3 is 1. The summed E-state index contributed by atoms with van der Waals surface area (Å²) in [5.74, 6) is 1.06. The normalized spacial score (nSPS) is 19.7. The first-order valence-corrected chi connectivity index (χ1v) is 9.16. The van der Waals surface area contributed by atoms with Crippen LogP contribution in [0, 0.1) is 0 Å². The Morgan fingerprint density at radius 1 is 1.33 bits per heavy atom. The summed E-state index contributed by atoms with van der Waals surface area (Å²) in [6.07, 6.45) is 3.42. The number of hydrogen-bond donors (Lipinski definition) is 0. The monoisotopic (exact) mass is 377 g/mol. The molecule has 3 rings (SSSR count). The summed E-state index contributed by atoms with van der Waals surface area (Å²) in [6.45, 7) is 2.41. The van der Waals surface area contributed by atoms with Gasteiger partial charge < -0.3 is 24.2 Å². The summed E-state index contributed by atoms with van der Waals surface area (Å²) < 4.78 is 11.3. The van der Waals surface area contributed by atoms with Gasteiger partial charge in [0.15, 0.2) is 0 Å². The molecule has 2 amide bonds. The number of hydrogen-bond acceptors (Lipinski definition) is 7. The number of ether oxygens (including phenoxy) is 2. The van der Waals surface area contributed by atoms with E-state index in [0.717, 1.165) is 12.8 Å². The Bertz CT molecular complexity index is 688. The Morgan fingerprint density at radius 2 is 2.07 bits per heavy atom. The van der Waals surface area contributed by atoms with Crippen LogP contribution in [0.5, 0.6) is 5.88 Å². The molecule has 148 valence electrons. The van der Waals surface area contributed by atoms with Crippen LogP contribution in [0.3, 0.4) is 0 Å². The molecule has 0 unspecified atom stereocenters. The maximum atomic E-state index is 12.7. The van der Waals surface area contributed by atoms with Gasteiger partial charge in [0.1, 0.15) is 0 Å². The molecule has 27 heavy (non-hydrogen) atoms. The molecule has 1 aromatic heterocycles. The van der Waals surface area contributed by atoms with Gasteiger partial charge >= 0.3 is 0 Å². The molecule has 0 aliphatic carbocycles. The number of anilines is 1. The van der Waals surface area contributed by atoms with Crippen LogP contribution in [0.4, 0.5) is 5.95 Å². The lowest BCUT2D eigenvalue weighted by Gasteiger charge is -2.40. The average Bonchev–Trinajstić information content (AvgIpc) is 2.81. The molecule has 9 nitrogen and oxygen atoms in total. The van der Waals surface area contributed by atoms with Crippen molar-refractivity contribution in [2.45, 2.75) is 24.9 Å². The van der Waals surface area contributed by atoms with Crippen molar-refractivity contribution in [1.29, 1.82) is 0 Å². The number of aromatic nitrogens is 2. The third-order valence-electron chi connectivity index (χ3n) is 5.20. The van der Waals surface area contributed by atoms with Gasteiger partial charge in [-0.15, -0.1) is 0 Å². The summed E-state index contributed by atoms with van der Waals surface area (Å²) in [4.78, 5) is 38.5. The highest BCUT2D eigenvalue weighted by Gasteiger charge is 2.41. The highest BCUT2D eigenvalue weighted by Crippen LogP contribution is 2.33. The molecule has 2 saturated heterocycles. The first-order valence-electron chi connectivity index (χ1n) is 9.16. The van der Waals surface area contributed by atoms with Gasteiger partial charge in [-0.2, -0.15) is 4.98 Å². The van der Waals surface area contributed by atoms with E-state index in [1.54, 1.807) is 38.4 Å². The fourth-order valence-electron chi connectivity index (χ4n) is 3.44. The molecular formula is C18H27N5O4. The molecule has 2 fully saturated rings. The summed E-state index contributed by atoms with van der Waals surface area (Å²) >= 11 is 0. The standard InChI is InChI=1S/C18H27N5O4/c1-21(2)16(25)13-23-10-11-27-18(12-15(23)24)5-8-22(9-6-18)17-19-7-4-14(20-17)26-3/h4,7H,5-6,8-13H2,1-3H3. The van der Waals surface area contributed by atoms with Crippen molar-refractivity contribution < 1.29 is 19.1 Å². The molecule has 0 aromatic carbocycles. The minimum Gasteiger partial charge on any atom is -0.481 e. The Balaban J connectivity index is 1.62. The van der Waals surface area contributed by atoms with Gasteiger partial charge in [-0.3, -0.25) is 9.59 Å². The number of carbonyl (C=O) groups excluding carboxylic acids is 2. The second-order valence-corrected chi connectivity index (χ2v) is 7.20. The van der Waals surface area contributed by atoms with Gasteiger partial charge in [0, 0.05) is 46.0 Å². The Morgan fingerprint density at radius 3 is 2.74 bits per heavy atom. The van der Waals surface area contributed by atoms with E-state index in [1.807, 2.05) is 0 Å². The molecule has 3 heterocycles. The summed E-state index contributed by atoms with van der Waals surface area (Å²) in [5, 5.41) is 0. The topological polar surface area (TPSA) is 88.1 Å². The van der Waals surface area contributed by atoms with E-state index in [9.17, 15) is 9.59 Å². The maximum absolute atomic E-state index is 12.7. The SMILES string of the molecule is COc1ccnc(N2CCC3(CC2)CC(=O)N(CC(=O)N(C)C)CCO3)n1. The van der Waals surface area contributed by atoms with Gasteiger partial charge in [0.2, 0.25) is 23.6 Å². The molecule has 9 heteroatoms. The Kier molecular flexibility index (Phi) is 5.79. The lowest BCUT2D eigenvalue weighted by molar-refractivity contribution is -0.140. The van der Waals surface area contributed by atoms with Crippen molar-refractivity contribution >= 4 is 17.8 Å². The molecule has 0 bridgehead atoms. The molecule has 0 radical (unpaired) electrons. The third kappa shape index (κ3) is 4.47. The molecule has 0 saturated carbocycles. The van der Waals surface area contributed by atoms with Crippen LogP contribution in [0.15, 0.2) is 12.3 Å². The van der Waals surface area contributed by atoms with Crippen molar-refractivity contribution in [3.05, 3.63) is 12.3 Å². The largest absolute Gasteiger partial charge is 0.481 e. The highest BCUT2D eigenvalue weighted by atomic mass is 16.5. The van der Waals surface area contributed by atoms with E-state index in [4.69, 9.17) is 9.47 Å². The van der Waals surface area contributed by atoms with Crippen LogP contribution < -0.4 is 9.64 Å². The molecular weight excluding hydrogens is 350 g/mol. The number of piperidine rings is 1. The van der Waals surface area contributed by atoms with Crippen LogP contribution in [-0.2, 0) is 14.3 Å². The van der Waals surface area contributed by atoms with Gasteiger partial charge in [-0.25, -0.2) is 4.98 Å². The molecule has 2 aliphatic rings. The lowest BCUT2D eigenvalue weighted by atomic mass is 9.87. The number of amides is 2. The molecule has 0 N–H and O–H groups in total. The lowest BCUT2D eigenvalue weighted by Crippen LogP contribution is -2.48. The van der Waals surface area contributed by atoms with Gasteiger partial charge in [-0.05, 0) is 12.8 Å². The number of likely N-dealkylation sites (N-methyl/N-ethyl adjacent to an activating group) is 1. The van der Waals surface area contributed by atoms with E-state index in [1.165, 1.54) is 4.90 Å². The number of nitrogens with zero attached hydrogens (tertiary/aromatic N) is 5. The zero-order chi connectivity index (χ0) is 19.4. The fraction of sp³-hybridized carbons (Fsp3) is 0.667. The van der Waals surface area contributed by atoms with E-state index in [2.05, 4.69) is 14.9 Å². The molecule has 2 aliphatic heterocycles. The van der Waals surface area contributed by atoms with E-state index in [0.29, 0.717) is 44.5 Å². The first kappa shape index (κ1) is 19.3.